The first kappa shape index (κ1) is 14.3. The van der Waals surface area contributed by atoms with Crippen LogP contribution in [0.1, 0.15) is 25.8 Å². The van der Waals surface area contributed by atoms with Crippen LogP contribution in [0, 0.1) is 0 Å². The quantitative estimate of drug-likeness (QED) is 0.532. The molecule has 0 N–H and O–H groups in total. The summed E-state index contributed by atoms with van der Waals surface area (Å²) in [5.41, 5.74) is 1.33. The van der Waals surface area contributed by atoms with Crippen molar-refractivity contribution in [1.82, 2.24) is 4.90 Å². The lowest BCUT2D eigenvalue weighted by Gasteiger charge is -2.33. The molecule has 0 radical (unpaired) electrons. The highest BCUT2D eigenvalue weighted by atomic mass is 16.5. The van der Waals surface area contributed by atoms with Crippen LogP contribution < -0.4 is 10.4 Å². The normalized spacial score (nSPS) is 16.3. The van der Waals surface area contributed by atoms with Crippen LogP contribution in [-0.4, -0.2) is 17.7 Å². The first-order chi connectivity index (χ1) is 11.2. The molecular weight excluding hydrogens is 290 g/mol. The summed E-state index contributed by atoms with van der Waals surface area (Å²) in [6.45, 7) is 5.66. The van der Waals surface area contributed by atoms with Gasteiger partial charge in [-0.1, -0.05) is 25.1 Å². The summed E-state index contributed by atoms with van der Waals surface area (Å²) >= 11 is 0. The van der Waals surface area contributed by atoms with Crippen molar-refractivity contribution in [2.24, 2.45) is 0 Å². The van der Waals surface area contributed by atoms with Gasteiger partial charge in [0.2, 0.25) is 0 Å². The van der Waals surface area contributed by atoms with E-state index in [0.29, 0.717) is 23.7 Å². The van der Waals surface area contributed by atoms with Gasteiger partial charge in [-0.25, -0.2) is 4.79 Å². The molecule has 0 saturated heterocycles. The van der Waals surface area contributed by atoms with E-state index in [9.17, 15) is 4.79 Å². The van der Waals surface area contributed by atoms with E-state index in [2.05, 4.69) is 18.7 Å². The Bertz CT molecular complexity index is 944. The molecule has 0 fully saturated rings. The second kappa shape index (κ2) is 5.39. The van der Waals surface area contributed by atoms with E-state index in [1.54, 1.807) is 0 Å². The molecule has 0 amide bonds. The molecule has 23 heavy (non-hydrogen) atoms. The maximum absolute atomic E-state index is 12.3. The number of hydrogen-bond donors (Lipinski definition) is 0. The molecular formula is C19H19NO3. The Morgan fingerprint density at radius 2 is 1.91 bits per heavy atom. The van der Waals surface area contributed by atoms with Crippen molar-refractivity contribution in [1.29, 1.82) is 0 Å². The van der Waals surface area contributed by atoms with Crippen LogP contribution in [0.25, 0.3) is 21.7 Å². The zero-order chi connectivity index (χ0) is 16.0. The zero-order valence-corrected chi connectivity index (χ0v) is 13.3. The van der Waals surface area contributed by atoms with Crippen molar-refractivity contribution in [3.8, 4) is 5.75 Å². The van der Waals surface area contributed by atoms with E-state index in [1.807, 2.05) is 36.4 Å². The third kappa shape index (κ3) is 2.21. The molecule has 1 atom stereocenters. The second-order valence-electron chi connectivity index (χ2n) is 6.13. The number of hydrogen-bond acceptors (Lipinski definition) is 4. The topological polar surface area (TPSA) is 42.7 Å². The Hall–Kier alpha value is -2.33. The van der Waals surface area contributed by atoms with Gasteiger partial charge in [0, 0.05) is 18.0 Å². The van der Waals surface area contributed by atoms with Gasteiger partial charge in [0.05, 0.1) is 10.9 Å². The van der Waals surface area contributed by atoms with Crippen molar-refractivity contribution in [2.75, 3.05) is 6.73 Å². The Balaban J connectivity index is 1.97. The molecule has 4 rings (SSSR count). The minimum Gasteiger partial charge on any atom is -0.478 e. The van der Waals surface area contributed by atoms with Gasteiger partial charge < -0.3 is 9.15 Å². The molecule has 2 aromatic carbocycles. The average molecular weight is 309 g/mol. The van der Waals surface area contributed by atoms with Crippen molar-refractivity contribution in [3.63, 3.8) is 0 Å². The van der Waals surface area contributed by atoms with E-state index in [0.717, 1.165) is 35.1 Å². The summed E-state index contributed by atoms with van der Waals surface area (Å²) in [6, 6.07) is 12.0. The van der Waals surface area contributed by atoms with Crippen LogP contribution in [0.3, 0.4) is 0 Å². The summed E-state index contributed by atoms with van der Waals surface area (Å²) in [5, 5.41) is 2.52. The van der Waals surface area contributed by atoms with Crippen LogP contribution in [-0.2, 0) is 6.54 Å². The fourth-order valence-corrected chi connectivity index (χ4v) is 3.21. The number of rotatable bonds is 2. The second-order valence-corrected chi connectivity index (χ2v) is 6.13. The Morgan fingerprint density at radius 1 is 1.13 bits per heavy atom. The van der Waals surface area contributed by atoms with Crippen LogP contribution in [0.4, 0.5) is 0 Å². The third-order valence-corrected chi connectivity index (χ3v) is 4.81. The van der Waals surface area contributed by atoms with Crippen molar-refractivity contribution in [3.05, 3.63) is 52.4 Å². The number of nitrogens with zero attached hydrogens (tertiary/aromatic N) is 1. The predicted molar refractivity (Wildman–Crippen MR) is 90.8 cm³/mol. The molecule has 3 aromatic rings. The van der Waals surface area contributed by atoms with Gasteiger partial charge in [0.15, 0.2) is 0 Å². The van der Waals surface area contributed by atoms with Gasteiger partial charge in [-0.2, -0.15) is 0 Å². The average Bonchev–Trinajstić information content (AvgIpc) is 2.60. The first-order valence-electron chi connectivity index (χ1n) is 8.03. The van der Waals surface area contributed by atoms with E-state index in [4.69, 9.17) is 9.15 Å². The van der Waals surface area contributed by atoms with Crippen molar-refractivity contribution >= 4 is 21.7 Å². The summed E-state index contributed by atoms with van der Waals surface area (Å²) in [4.78, 5) is 14.6. The summed E-state index contributed by atoms with van der Waals surface area (Å²) < 4.78 is 11.6. The Labute approximate surface area is 134 Å². The van der Waals surface area contributed by atoms with E-state index in [1.165, 1.54) is 0 Å². The number of ether oxygens (including phenoxy) is 1. The predicted octanol–water partition coefficient (Wildman–Crippen LogP) is 3.90. The van der Waals surface area contributed by atoms with Gasteiger partial charge in [-0.3, -0.25) is 4.90 Å². The summed E-state index contributed by atoms with van der Waals surface area (Å²) in [6.07, 6.45) is 1.05. The highest BCUT2D eigenvalue weighted by molar-refractivity contribution is 6.05. The lowest BCUT2D eigenvalue weighted by molar-refractivity contribution is 0.0610. The van der Waals surface area contributed by atoms with Gasteiger partial charge in [0.1, 0.15) is 18.1 Å². The molecule has 2 heterocycles. The largest absolute Gasteiger partial charge is 0.478 e. The lowest BCUT2D eigenvalue weighted by Crippen LogP contribution is -2.38. The highest BCUT2D eigenvalue weighted by Crippen LogP contribution is 2.35. The maximum Gasteiger partial charge on any atom is 0.344 e. The molecule has 0 saturated carbocycles. The molecule has 1 aromatic heterocycles. The number of fused-ring (bicyclic) bond motifs is 5. The van der Waals surface area contributed by atoms with Crippen LogP contribution in [0.15, 0.2) is 45.6 Å². The molecule has 0 spiro atoms. The van der Waals surface area contributed by atoms with E-state index >= 15 is 0 Å². The zero-order valence-electron chi connectivity index (χ0n) is 13.3. The van der Waals surface area contributed by atoms with E-state index < -0.39 is 0 Å². The molecule has 1 aliphatic heterocycles. The SMILES string of the molecule is CCC(C)N1COc2ccc3c(oc(=O)c4ccccc43)c2C1. The maximum atomic E-state index is 12.3. The summed E-state index contributed by atoms with van der Waals surface area (Å²) in [7, 11) is 0. The molecule has 1 unspecified atom stereocenters. The van der Waals surface area contributed by atoms with Crippen LogP contribution >= 0.6 is 0 Å². The fraction of sp³-hybridized carbons (Fsp3) is 0.316. The minimum absolute atomic E-state index is 0.290. The van der Waals surface area contributed by atoms with Gasteiger partial charge in [-0.15, -0.1) is 0 Å². The minimum atomic E-state index is -0.290. The van der Waals surface area contributed by atoms with E-state index in [-0.39, 0.29) is 5.63 Å². The van der Waals surface area contributed by atoms with Crippen molar-refractivity contribution in [2.45, 2.75) is 32.9 Å². The fourth-order valence-electron chi connectivity index (χ4n) is 3.21. The molecule has 0 aliphatic carbocycles. The van der Waals surface area contributed by atoms with Gasteiger partial charge >= 0.3 is 5.63 Å². The Morgan fingerprint density at radius 3 is 2.70 bits per heavy atom. The molecule has 0 bridgehead atoms. The lowest BCUT2D eigenvalue weighted by atomic mass is 10.0. The summed E-state index contributed by atoms with van der Waals surface area (Å²) in [5.74, 6) is 0.815. The molecule has 1 aliphatic rings. The Kier molecular flexibility index (Phi) is 3.34. The highest BCUT2D eigenvalue weighted by Gasteiger charge is 2.24. The van der Waals surface area contributed by atoms with Gasteiger partial charge in [-0.05, 0) is 36.9 Å². The van der Waals surface area contributed by atoms with Crippen LogP contribution in [0.2, 0.25) is 0 Å². The first-order valence-corrected chi connectivity index (χ1v) is 8.03. The molecule has 118 valence electrons. The molecule has 4 nitrogen and oxygen atoms in total. The van der Waals surface area contributed by atoms with Crippen LogP contribution in [0.5, 0.6) is 5.75 Å². The third-order valence-electron chi connectivity index (χ3n) is 4.81. The monoisotopic (exact) mass is 309 g/mol. The molecule has 4 heteroatoms. The van der Waals surface area contributed by atoms with Crippen molar-refractivity contribution < 1.29 is 9.15 Å². The smallest absolute Gasteiger partial charge is 0.344 e. The standard InChI is InChI=1S/C19H19NO3/c1-3-12(2)20-10-16-17(22-11-20)9-8-14-13-6-4-5-7-15(13)19(21)23-18(14)16/h4-9,12H,3,10-11H2,1-2H3. The number of benzene rings is 2. The van der Waals surface area contributed by atoms with Gasteiger partial charge in [0.25, 0.3) is 0 Å².